The van der Waals surface area contributed by atoms with Gasteiger partial charge in [0.1, 0.15) is 0 Å². The second kappa shape index (κ2) is 7.75. The maximum Gasteiger partial charge on any atom is 0.253 e. The number of nitrogens with zero attached hydrogens (tertiary/aromatic N) is 2. The number of halogens is 1. The molecule has 6 heteroatoms. The average Bonchev–Trinajstić information content (AvgIpc) is 2.99. The summed E-state index contributed by atoms with van der Waals surface area (Å²) < 4.78 is 0. The number of pyridine rings is 1. The van der Waals surface area contributed by atoms with E-state index in [9.17, 15) is 9.90 Å². The van der Waals surface area contributed by atoms with Crippen LogP contribution in [-0.2, 0) is 13.1 Å². The summed E-state index contributed by atoms with van der Waals surface area (Å²) in [7, 11) is 0. The number of amides is 1. The van der Waals surface area contributed by atoms with E-state index in [0.717, 1.165) is 30.6 Å². The van der Waals surface area contributed by atoms with Gasteiger partial charge in [-0.25, -0.2) is 0 Å². The van der Waals surface area contributed by atoms with Crippen molar-refractivity contribution in [2.24, 2.45) is 0 Å². The van der Waals surface area contributed by atoms with Crippen LogP contribution in [0, 0.1) is 0 Å². The Bertz CT molecular complexity index is 723. The number of carbonyl (C=O) groups excluding carboxylic acids is 1. The van der Waals surface area contributed by atoms with Crippen molar-refractivity contribution in [3.8, 4) is 0 Å². The fourth-order valence-corrected chi connectivity index (χ4v) is 3.12. The normalized spacial score (nSPS) is 17.8. The van der Waals surface area contributed by atoms with Crippen molar-refractivity contribution in [3.05, 3.63) is 64.4 Å². The lowest BCUT2D eigenvalue weighted by molar-refractivity contribution is 0.0951. The third kappa shape index (κ3) is 4.12. The van der Waals surface area contributed by atoms with Gasteiger partial charge in [0.2, 0.25) is 0 Å². The maximum atomic E-state index is 12.3. The molecule has 1 aromatic heterocycles. The first kappa shape index (κ1) is 16.9. The Labute approximate surface area is 146 Å². The molecule has 2 aromatic rings. The van der Waals surface area contributed by atoms with Crippen molar-refractivity contribution in [2.45, 2.75) is 25.6 Å². The zero-order chi connectivity index (χ0) is 16.9. The standard InChI is InChI=1S/C18H20ClN3O2/c19-17-10-20-7-5-16(17)18(24)21-9-13-3-1-2-4-14(13)11-22-8-6-15(23)12-22/h1-5,7,10,15,23H,6,8-9,11-12H2,(H,21,24). The van der Waals surface area contributed by atoms with Crippen LogP contribution in [0.3, 0.4) is 0 Å². The van der Waals surface area contributed by atoms with Gasteiger partial charge < -0.3 is 10.4 Å². The first-order valence-corrected chi connectivity index (χ1v) is 8.36. The third-order valence-electron chi connectivity index (χ3n) is 4.22. The fraction of sp³-hybridized carbons (Fsp3) is 0.333. The Kier molecular flexibility index (Phi) is 5.45. The largest absolute Gasteiger partial charge is 0.392 e. The molecule has 0 bridgehead atoms. The molecule has 1 fully saturated rings. The predicted molar refractivity (Wildman–Crippen MR) is 92.8 cm³/mol. The lowest BCUT2D eigenvalue weighted by atomic mass is 10.1. The monoisotopic (exact) mass is 345 g/mol. The number of rotatable bonds is 5. The van der Waals surface area contributed by atoms with Gasteiger partial charge in [0.25, 0.3) is 5.91 Å². The molecule has 1 aliphatic heterocycles. The van der Waals surface area contributed by atoms with E-state index in [1.807, 2.05) is 18.2 Å². The van der Waals surface area contributed by atoms with Crippen LogP contribution in [0.1, 0.15) is 27.9 Å². The van der Waals surface area contributed by atoms with Gasteiger partial charge in [-0.15, -0.1) is 0 Å². The number of β-amino-alcohol motifs (C(OH)–C–C–N with tert-alkyl or cyclic N) is 1. The highest BCUT2D eigenvalue weighted by Gasteiger charge is 2.20. The lowest BCUT2D eigenvalue weighted by Crippen LogP contribution is -2.26. The van der Waals surface area contributed by atoms with E-state index in [1.54, 1.807) is 12.3 Å². The van der Waals surface area contributed by atoms with Crippen LogP contribution in [0.4, 0.5) is 0 Å². The molecule has 0 saturated carbocycles. The highest BCUT2D eigenvalue weighted by Crippen LogP contribution is 2.17. The van der Waals surface area contributed by atoms with Gasteiger partial charge in [0.05, 0.1) is 16.7 Å². The number of aliphatic hydroxyl groups is 1. The van der Waals surface area contributed by atoms with Crippen LogP contribution in [0.5, 0.6) is 0 Å². The molecular formula is C18H20ClN3O2. The van der Waals surface area contributed by atoms with E-state index >= 15 is 0 Å². The molecule has 0 aliphatic carbocycles. The zero-order valence-electron chi connectivity index (χ0n) is 13.3. The molecule has 3 rings (SSSR count). The minimum atomic E-state index is -0.231. The van der Waals surface area contributed by atoms with Crippen LogP contribution < -0.4 is 5.32 Å². The summed E-state index contributed by atoms with van der Waals surface area (Å²) in [6, 6.07) is 9.63. The fourth-order valence-electron chi connectivity index (χ4n) is 2.91. The molecule has 1 aliphatic rings. The molecule has 0 radical (unpaired) electrons. The third-order valence-corrected chi connectivity index (χ3v) is 4.52. The number of aromatic nitrogens is 1. The van der Waals surface area contributed by atoms with Gasteiger partial charge in [-0.3, -0.25) is 14.7 Å². The molecular weight excluding hydrogens is 326 g/mol. The number of carbonyl (C=O) groups is 1. The van der Waals surface area contributed by atoms with Crippen molar-refractivity contribution in [1.29, 1.82) is 0 Å². The summed E-state index contributed by atoms with van der Waals surface area (Å²) in [4.78, 5) is 18.4. The molecule has 0 spiro atoms. The minimum Gasteiger partial charge on any atom is -0.392 e. The molecule has 1 amide bonds. The molecule has 1 saturated heterocycles. The van der Waals surface area contributed by atoms with Crippen LogP contribution in [0.25, 0.3) is 0 Å². The number of likely N-dealkylation sites (tertiary alicyclic amines) is 1. The van der Waals surface area contributed by atoms with Crippen LogP contribution in [0.15, 0.2) is 42.7 Å². The molecule has 1 aromatic carbocycles. The Balaban J connectivity index is 1.65. The molecule has 1 unspecified atom stereocenters. The van der Waals surface area contributed by atoms with Gasteiger partial charge in [0, 0.05) is 38.6 Å². The van der Waals surface area contributed by atoms with Crippen molar-refractivity contribution in [3.63, 3.8) is 0 Å². The van der Waals surface area contributed by atoms with Gasteiger partial charge in [0.15, 0.2) is 0 Å². The summed E-state index contributed by atoms with van der Waals surface area (Å²) >= 11 is 6.01. The number of benzene rings is 1. The van der Waals surface area contributed by atoms with E-state index in [1.165, 1.54) is 6.20 Å². The Morgan fingerprint density at radius 2 is 2.12 bits per heavy atom. The summed E-state index contributed by atoms with van der Waals surface area (Å²) in [5.74, 6) is -0.214. The quantitative estimate of drug-likeness (QED) is 0.872. The highest BCUT2D eigenvalue weighted by molar-refractivity contribution is 6.33. The first-order valence-electron chi connectivity index (χ1n) is 7.98. The molecule has 126 valence electrons. The Morgan fingerprint density at radius 1 is 1.33 bits per heavy atom. The van der Waals surface area contributed by atoms with Gasteiger partial charge in [-0.1, -0.05) is 35.9 Å². The van der Waals surface area contributed by atoms with Gasteiger partial charge in [-0.2, -0.15) is 0 Å². The minimum absolute atomic E-state index is 0.214. The van der Waals surface area contributed by atoms with Crippen molar-refractivity contribution in [2.75, 3.05) is 13.1 Å². The highest BCUT2D eigenvalue weighted by atomic mass is 35.5. The van der Waals surface area contributed by atoms with E-state index in [2.05, 4.69) is 21.3 Å². The SMILES string of the molecule is O=C(NCc1ccccc1CN1CCC(O)C1)c1ccncc1Cl. The van der Waals surface area contributed by atoms with Gasteiger partial charge >= 0.3 is 0 Å². The molecule has 1 atom stereocenters. The van der Waals surface area contributed by atoms with Crippen molar-refractivity contribution < 1.29 is 9.90 Å². The number of nitrogens with one attached hydrogen (secondary N) is 1. The molecule has 2 heterocycles. The second-order valence-electron chi connectivity index (χ2n) is 5.98. The smallest absolute Gasteiger partial charge is 0.253 e. The number of hydrogen-bond acceptors (Lipinski definition) is 4. The van der Waals surface area contributed by atoms with E-state index in [0.29, 0.717) is 23.7 Å². The second-order valence-corrected chi connectivity index (χ2v) is 6.39. The van der Waals surface area contributed by atoms with Crippen LogP contribution >= 0.6 is 11.6 Å². The summed E-state index contributed by atoms with van der Waals surface area (Å²) in [6.45, 7) is 2.81. The molecule has 24 heavy (non-hydrogen) atoms. The molecule has 5 nitrogen and oxygen atoms in total. The van der Waals surface area contributed by atoms with E-state index in [-0.39, 0.29) is 12.0 Å². The average molecular weight is 346 g/mol. The van der Waals surface area contributed by atoms with Crippen molar-refractivity contribution >= 4 is 17.5 Å². The first-order chi connectivity index (χ1) is 11.6. The Hall–Kier alpha value is -1.95. The lowest BCUT2D eigenvalue weighted by Gasteiger charge is -2.18. The van der Waals surface area contributed by atoms with E-state index < -0.39 is 0 Å². The van der Waals surface area contributed by atoms with Crippen molar-refractivity contribution in [1.82, 2.24) is 15.2 Å². The van der Waals surface area contributed by atoms with Crippen LogP contribution in [0.2, 0.25) is 5.02 Å². The Morgan fingerprint density at radius 3 is 2.83 bits per heavy atom. The van der Waals surface area contributed by atoms with Gasteiger partial charge in [-0.05, 0) is 23.6 Å². The van der Waals surface area contributed by atoms with E-state index in [4.69, 9.17) is 11.6 Å². The van der Waals surface area contributed by atoms with Crippen LogP contribution in [-0.4, -0.2) is 40.1 Å². The summed E-state index contributed by atoms with van der Waals surface area (Å²) in [5, 5.41) is 12.9. The predicted octanol–water partition coefficient (Wildman–Crippen LogP) is 2.23. The topological polar surface area (TPSA) is 65.5 Å². The zero-order valence-corrected chi connectivity index (χ0v) is 14.0. The number of aliphatic hydroxyl groups excluding tert-OH is 1. The summed E-state index contributed by atoms with van der Waals surface area (Å²) in [6.07, 6.45) is 3.60. The molecule has 2 N–H and O–H groups in total. The summed E-state index contributed by atoms with van der Waals surface area (Å²) in [5.41, 5.74) is 2.65. The number of hydrogen-bond donors (Lipinski definition) is 2. The maximum absolute atomic E-state index is 12.3.